The molecule has 0 saturated carbocycles. The fourth-order valence-corrected chi connectivity index (χ4v) is 1.80. The summed E-state index contributed by atoms with van der Waals surface area (Å²) in [6.07, 6.45) is 1.09. The van der Waals surface area contributed by atoms with Crippen LogP contribution in [-0.4, -0.2) is 0 Å². The van der Waals surface area contributed by atoms with Crippen molar-refractivity contribution in [3.63, 3.8) is 0 Å². The molecule has 0 heterocycles. The topological polar surface area (TPSA) is 38.0 Å². The van der Waals surface area contributed by atoms with E-state index in [4.69, 9.17) is 17.4 Å². The predicted molar refractivity (Wildman–Crippen MR) is 65.7 cm³/mol. The van der Waals surface area contributed by atoms with Crippen molar-refractivity contribution >= 4 is 11.6 Å². The van der Waals surface area contributed by atoms with Gasteiger partial charge in [-0.15, -0.1) is 0 Å². The summed E-state index contributed by atoms with van der Waals surface area (Å²) in [4.78, 5) is 0. The second-order valence-corrected chi connectivity index (χ2v) is 4.45. The second-order valence-electron chi connectivity index (χ2n) is 4.04. The minimum absolute atomic E-state index is 0.200. The third-order valence-electron chi connectivity index (χ3n) is 2.93. The van der Waals surface area contributed by atoms with E-state index >= 15 is 0 Å². The molecule has 0 saturated heterocycles. The Morgan fingerprint density at radius 1 is 1.47 bits per heavy atom. The van der Waals surface area contributed by atoms with Crippen LogP contribution < -0.4 is 11.3 Å². The summed E-state index contributed by atoms with van der Waals surface area (Å²) in [7, 11) is 0. The van der Waals surface area contributed by atoms with Crippen LogP contribution in [0, 0.1) is 12.8 Å². The maximum atomic E-state index is 5.99. The molecule has 84 valence electrons. The summed E-state index contributed by atoms with van der Waals surface area (Å²) in [5.74, 6) is 6.10. The van der Waals surface area contributed by atoms with Crippen LogP contribution in [0.2, 0.25) is 5.02 Å². The Morgan fingerprint density at radius 2 is 2.13 bits per heavy atom. The first-order valence-electron chi connectivity index (χ1n) is 5.32. The molecule has 0 aliphatic rings. The Kier molecular flexibility index (Phi) is 4.58. The number of benzene rings is 1. The second kappa shape index (κ2) is 5.50. The van der Waals surface area contributed by atoms with Crippen LogP contribution in [0.25, 0.3) is 0 Å². The average molecular weight is 227 g/mol. The maximum absolute atomic E-state index is 5.99. The van der Waals surface area contributed by atoms with Crippen molar-refractivity contribution in [3.05, 3.63) is 34.3 Å². The molecule has 0 aromatic heterocycles. The van der Waals surface area contributed by atoms with Crippen LogP contribution in [0.5, 0.6) is 0 Å². The van der Waals surface area contributed by atoms with E-state index in [1.165, 1.54) is 5.56 Å². The minimum atomic E-state index is 0.200. The molecular weight excluding hydrogens is 208 g/mol. The van der Waals surface area contributed by atoms with Gasteiger partial charge in [0.15, 0.2) is 0 Å². The van der Waals surface area contributed by atoms with E-state index in [2.05, 4.69) is 25.3 Å². The van der Waals surface area contributed by atoms with E-state index < -0.39 is 0 Å². The number of hydrogen-bond acceptors (Lipinski definition) is 2. The van der Waals surface area contributed by atoms with Gasteiger partial charge in [0.2, 0.25) is 0 Å². The molecule has 0 aliphatic heterocycles. The molecule has 1 aromatic carbocycles. The highest BCUT2D eigenvalue weighted by molar-refractivity contribution is 6.31. The van der Waals surface area contributed by atoms with Crippen molar-refractivity contribution < 1.29 is 0 Å². The molecule has 0 radical (unpaired) electrons. The molecule has 0 amide bonds. The number of nitrogens with one attached hydrogen (secondary N) is 1. The highest BCUT2D eigenvalue weighted by Crippen LogP contribution is 2.26. The Balaban J connectivity index is 2.97. The molecule has 0 spiro atoms. The smallest absolute Gasteiger partial charge is 0.0485 e. The third-order valence-corrected chi connectivity index (χ3v) is 3.36. The Hall–Kier alpha value is -0.570. The van der Waals surface area contributed by atoms with Crippen molar-refractivity contribution in [1.82, 2.24) is 5.43 Å². The molecule has 15 heavy (non-hydrogen) atoms. The Labute approximate surface area is 96.8 Å². The van der Waals surface area contributed by atoms with E-state index in [0.29, 0.717) is 5.92 Å². The molecule has 3 heteroatoms. The highest BCUT2D eigenvalue weighted by atomic mass is 35.5. The fourth-order valence-electron chi connectivity index (χ4n) is 1.69. The zero-order valence-electron chi connectivity index (χ0n) is 9.55. The summed E-state index contributed by atoms with van der Waals surface area (Å²) in [6.45, 7) is 6.36. The first-order valence-corrected chi connectivity index (χ1v) is 5.70. The van der Waals surface area contributed by atoms with E-state index in [1.54, 1.807) is 0 Å². The zero-order valence-corrected chi connectivity index (χ0v) is 10.3. The zero-order chi connectivity index (χ0) is 11.4. The van der Waals surface area contributed by atoms with Crippen LogP contribution in [0.1, 0.15) is 37.4 Å². The van der Waals surface area contributed by atoms with Gasteiger partial charge in [0.25, 0.3) is 0 Å². The van der Waals surface area contributed by atoms with Crippen molar-refractivity contribution in [2.24, 2.45) is 11.8 Å². The highest BCUT2D eigenvalue weighted by Gasteiger charge is 2.16. The number of rotatable bonds is 4. The standard InChI is InChI=1S/C12H19ClN2/c1-4-8(2)12(15-14)10-5-6-11(13)9(3)7-10/h5-8,12,15H,4,14H2,1-3H3. The quantitative estimate of drug-likeness (QED) is 0.611. The van der Waals surface area contributed by atoms with Crippen molar-refractivity contribution in [2.75, 3.05) is 0 Å². The lowest BCUT2D eigenvalue weighted by Gasteiger charge is -2.23. The van der Waals surface area contributed by atoms with E-state index in [0.717, 1.165) is 17.0 Å². The Bertz CT molecular complexity index is 325. The van der Waals surface area contributed by atoms with Gasteiger partial charge in [-0.25, -0.2) is 0 Å². The summed E-state index contributed by atoms with van der Waals surface area (Å²) in [5.41, 5.74) is 5.17. The van der Waals surface area contributed by atoms with Crippen LogP contribution in [0.15, 0.2) is 18.2 Å². The summed E-state index contributed by atoms with van der Waals surface area (Å²) < 4.78 is 0. The SMILES string of the molecule is CCC(C)C(NN)c1ccc(Cl)c(C)c1. The first-order chi connectivity index (χ1) is 7.10. The molecule has 2 nitrogen and oxygen atoms in total. The lowest BCUT2D eigenvalue weighted by molar-refractivity contribution is 0.383. The van der Waals surface area contributed by atoms with Gasteiger partial charge >= 0.3 is 0 Å². The van der Waals surface area contributed by atoms with Crippen molar-refractivity contribution in [2.45, 2.75) is 33.2 Å². The molecule has 1 rings (SSSR count). The van der Waals surface area contributed by atoms with E-state index in [1.807, 2.05) is 19.1 Å². The predicted octanol–water partition coefficient (Wildman–Crippen LogP) is 3.20. The number of hydrazine groups is 1. The van der Waals surface area contributed by atoms with Gasteiger partial charge in [-0.3, -0.25) is 11.3 Å². The maximum Gasteiger partial charge on any atom is 0.0485 e. The van der Waals surface area contributed by atoms with E-state index in [-0.39, 0.29) is 6.04 Å². The molecule has 3 N–H and O–H groups in total. The summed E-state index contributed by atoms with van der Waals surface area (Å²) >= 11 is 5.99. The summed E-state index contributed by atoms with van der Waals surface area (Å²) in [6, 6.07) is 6.26. The monoisotopic (exact) mass is 226 g/mol. The lowest BCUT2D eigenvalue weighted by Crippen LogP contribution is -2.32. The lowest BCUT2D eigenvalue weighted by atomic mass is 9.92. The molecule has 2 unspecified atom stereocenters. The number of halogens is 1. The number of hydrogen-bond donors (Lipinski definition) is 2. The van der Waals surface area contributed by atoms with Crippen LogP contribution >= 0.6 is 11.6 Å². The van der Waals surface area contributed by atoms with Crippen LogP contribution in [0.3, 0.4) is 0 Å². The number of aryl methyl sites for hydroxylation is 1. The largest absolute Gasteiger partial charge is 0.271 e. The molecule has 0 aliphatic carbocycles. The normalized spacial score (nSPS) is 15.0. The molecule has 2 atom stereocenters. The molecule has 1 aromatic rings. The van der Waals surface area contributed by atoms with Gasteiger partial charge in [0.1, 0.15) is 0 Å². The molecule has 0 bridgehead atoms. The summed E-state index contributed by atoms with van der Waals surface area (Å²) in [5, 5.41) is 0.804. The van der Waals surface area contributed by atoms with Gasteiger partial charge in [0.05, 0.1) is 0 Å². The minimum Gasteiger partial charge on any atom is -0.271 e. The van der Waals surface area contributed by atoms with Crippen LogP contribution in [0.4, 0.5) is 0 Å². The van der Waals surface area contributed by atoms with Gasteiger partial charge in [-0.05, 0) is 30.0 Å². The van der Waals surface area contributed by atoms with Gasteiger partial charge in [-0.2, -0.15) is 0 Å². The van der Waals surface area contributed by atoms with Crippen molar-refractivity contribution in [1.29, 1.82) is 0 Å². The third kappa shape index (κ3) is 2.94. The van der Waals surface area contributed by atoms with E-state index in [9.17, 15) is 0 Å². The first kappa shape index (κ1) is 12.5. The Morgan fingerprint density at radius 3 is 2.60 bits per heavy atom. The van der Waals surface area contributed by atoms with Gasteiger partial charge in [0, 0.05) is 11.1 Å². The van der Waals surface area contributed by atoms with Crippen LogP contribution in [-0.2, 0) is 0 Å². The number of nitrogens with two attached hydrogens (primary N) is 1. The molecule has 0 fully saturated rings. The average Bonchev–Trinajstić information content (AvgIpc) is 2.24. The van der Waals surface area contributed by atoms with Gasteiger partial charge in [-0.1, -0.05) is 44.0 Å². The fraction of sp³-hybridized carbons (Fsp3) is 0.500. The molecular formula is C12H19ClN2. The van der Waals surface area contributed by atoms with Crippen molar-refractivity contribution in [3.8, 4) is 0 Å². The van der Waals surface area contributed by atoms with Gasteiger partial charge < -0.3 is 0 Å².